The SMILES string of the molecule is O=C1OC[C@H](Cc2cccc(O)c2)[C@H]1Cc1cc(O)ccc1O. The molecule has 120 valence electrons. The number of carbonyl (C=O) groups is 1. The van der Waals surface area contributed by atoms with Gasteiger partial charge in [-0.2, -0.15) is 0 Å². The van der Waals surface area contributed by atoms with Gasteiger partial charge in [-0.1, -0.05) is 12.1 Å². The van der Waals surface area contributed by atoms with Crippen molar-refractivity contribution in [1.29, 1.82) is 0 Å². The maximum absolute atomic E-state index is 12.0. The molecule has 0 amide bonds. The molecular formula is C18H18O5. The van der Waals surface area contributed by atoms with Crippen molar-refractivity contribution in [3.05, 3.63) is 53.6 Å². The highest BCUT2D eigenvalue weighted by Gasteiger charge is 2.37. The molecule has 0 aliphatic carbocycles. The zero-order valence-corrected chi connectivity index (χ0v) is 12.5. The summed E-state index contributed by atoms with van der Waals surface area (Å²) in [5.41, 5.74) is 1.45. The third-order valence-corrected chi connectivity index (χ3v) is 4.22. The summed E-state index contributed by atoms with van der Waals surface area (Å²) in [5, 5.41) is 29.0. The fourth-order valence-electron chi connectivity index (χ4n) is 3.01. The third kappa shape index (κ3) is 3.39. The van der Waals surface area contributed by atoms with Gasteiger partial charge in [-0.3, -0.25) is 4.79 Å². The second-order valence-electron chi connectivity index (χ2n) is 5.89. The summed E-state index contributed by atoms with van der Waals surface area (Å²) in [6.07, 6.45) is 0.910. The van der Waals surface area contributed by atoms with Crippen molar-refractivity contribution in [3.63, 3.8) is 0 Å². The molecule has 1 heterocycles. The number of aromatic hydroxyl groups is 3. The highest BCUT2D eigenvalue weighted by Crippen LogP contribution is 2.33. The number of cyclic esters (lactones) is 1. The molecule has 0 saturated carbocycles. The summed E-state index contributed by atoms with van der Waals surface area (Å²) in [4.78, 5) is 12.0. The summed E-state index contributed by atoms with van der Waals surface area (Å²) in [5.74, 6) is -0.420. The van der Waals surface area contributed by atoms with Crippen LogP contribution in [0.1, 0.15) is 11.1 Å². The van der Waals surface area contributed by atoms with Crippen LogP contribution in [0, 0.1) is 11.8 Å². The van der Waals surface area contributed by atoms with Crippen molar-refractivity contribution in [3.8, 4) is 17.2 Å². The lowest BCUT2D eigenvalue weighted by Crippen LogP contribution is -2.20. The lowest BCUT2D eigenvalue weighted by Gasteiger charge is -2.16. The van der Waals surface area contributed by atoms with Crippen LogP contribution in [-0.4, -0.2) is 27.9 Å². The van der Waals surface area contributed by atoms with E-state index in [9.17, 15) is 20.1 Å². The highest BCUT2D eigenvalue weighted by atomic mass is 16.5. The number of carbonyl (C=O) groups excluding carboxylic acids is 1. The van der Waals surface area contributed by atoms with Crippen molar-refractivity contribution in [2.45, 2.75) is 12.8 Å². The molecule has 0 radical (unpaired) electrons. The molecule has 23 heavy (non-hydrogen) atoms. The van der Waals surface area contributed by atoms with Gasteiger partial charge >= 0.3 is 5.97 Å². The van der Waals surface area contributed by atoms with E-state index in [1.54, 1.807) is 18.2 Å². The molecular weight excluding hydrogens is 296 g/mol. The molecule has 2 aromatic rings. The number of phenolic OH excluding ortho intramolecular Hbond substituents is 3. The first-order valence-corrected chi connectivity index (χ1v) is 7.48. The van der Waals surface area contributed by atoms with Crippen LogP contribution in [0.15, 0.2) is 42.5 Å². The Morgan fingerprint density at radius 3 is 2.57 bits per heavy atom. The monoisotopic (exact) mass is 314 g/mol. The fourth-order valence-corrected chi connectivity index (χ4v) is 3.01. The zero-order valence-electron chi connectivity index (χ0n) is 12.5. The van der Waals surface area contributed by atoms with Gasteiger partial charge in [0.1, 0.15) is 17.2 Å². The topological polar surface area (TPSA) is 87.0 Å². The molecule has 2 atom stereocenters. The molecule has 0 unspecified atom stereocenters. The maximum Gasteiger partial charge on any atom is 0.309 e. The van der Waals surface area contributed by atoms with Crippen LogP contribution in [0.4, 0.5) is 0 Å². The number of hydrogen-bond acceptors (Lipinski definition) is 5. The van der Waals surface area contributed by atoms with E-state index in [1.807, 2.05) is 6.07 Å². The first-order valence-electron chi connectivity index (χ1n) is 7.48. The van der Waals surface area contributed by atoms with Crippen LogP contribution in [0.2, 0.25) is 0 Å². The van der Waals surface area contributed by atoms with Gasteiger partial charge in [-0.25, -0.2) is 0 Å². The molecule has 5 heteroatoms. The van der Waals surface area contributed by atoms with Crippen molar-refractivity contribution >= 4 is 5.97 Å². The molecule has 1 aliphatic rings. The first kappa shape index (κ1) is 15.2. The smallest absolute Gasteiger partial charge is 0.309 e. The normalized spacial score (nSPS) is 20.4. The van der Waals surface area contributed by atoms with Crippen LogP contribution in [0.3, 0.4) is 0 Å². The second kappa shape index (κ2) is 6.20. The van der Waals surface area contributed by atoms with E-state index in [4.69, 9.17) is 4.74 Å². The molecule has 0 spiro atoms. The van der Waals surface area contributed by atoms with E-state index in [0.717, 1.165) is 5.56 Å². The molecule has 1 saturated heterocycles. The Bertz CT molecular complexity index is 725. The lowest BCUT2D eigenvalue weighted by atomic mass is 9.85. The predicted molar refractivity (Wildman–Crippen MR) is 83.2 cm³/mol. The van der Waals surface area contributed by atoms with E-state index in [2.05, 4.69) is 0 Å². The van der Waals surface area contributed by atoms with E-state index in [-0.39, 0.29) is 35.1 Å². The summed E-state index contributed by atoms with van der Waals surface area (Å²) < 4.78 is 5.18. The van der Waals surface area contributed by atoms with Gasteiger partial charge in [-0.05, 0) is 54.3 Å². The van der Waals surface area contributed by atoms with E-state index in [1.165, 1.54) is 18.2 Å². The van der Waals surface area contributed by atoms with E-state index in [0.29, 0.717) is 25.0 Å². The number of ether oxygens (including phenoxy) is 1. The van der Waals surface area contributed by atoms with E-state index >= 15 is 0 Å². The summed E-state index contributed by atoms with van der Waals surface area (Å²) in [7, 11) is 0. The van der Waals surface area contributed by atoms with Crippen molar-refractivity contribution < 1.29 is 24.9 Å². The second-order valence-corrected chi connectivity index (χ2v) is 5.89. The minimum absolute atomic E-state index is 0.0361. The van der Waals surface area contributed by atoms with Crippen LogP contribution >= 0.6 is 0 Å². The van der Waals surface area contributed by atoms with E-state index < -0.39 is 0 Å². The van der Waals surface area contributed by atoms with Gasteiger partial charge in [0, 0.05) is 5.92 Å². The number of benzene rings is 2. The number of phenols is 3. The van der Waals surface area contributed by atoms with Crippen LogP contribution in [0.25, 0.3) is 0 Å². The standard InChI is InChI=1S/C18H18O5/c19-14-3-1-2-11(7-14)6-13-10-23-18(22)16(13)9-12-8-15(20)4-5-17(12)21/h1-5,7-8,13,16,19-21H,6,9-10H2/t13-,16+/m0/s1. The largest absolute Gasteiger partial charge is 0.508 e. The minimum atomic E-state index is -0.384. The van der Waals surface area contributed by atoms with Gasteiger partial charge < -0.3 is 20.1 Å². The van der Waals surface area contributed by atoms with Gasteiger partial charge in [-0.15, -0.1) is 0 Å². The molecule has 1 aliphatic heterocycles. The molecule has 0 bridgehead atoms. The van der Waals surface area contributed by atoms with Crippen molar-refractivity contribution in [2.24, 2.45) is 11.8 Å². The molecule has 5 nitrogen and oxygen atoms in total. The first-order chi connectivity index (χ1) is 11.0. The lowest BCUT2D eigenvalue weighted by molar-refractivity contribution is -0.141. The Morgan fingerprint density at radius 2 is 1.78 bits per heavy atom. The number of hydrogen-bond donors (Lipinski definition) is 3. The molecule has 2 aromatic carbocycles. The summed E-state index contributed by atoms with van der Waals surface area (Å²) in [6, 6.07) is 11.2. The Hall–Kier alpha value is -2.69. The summed E-state index contributed by atoms with van der Waals surface area (Å²) >= 11 is 0. The van der Waals surface area contributed by atoms with Crippen molar-refractivity contribution in [2.75, 3.05) is 6.61 Å². The van der Waals surface area contributed by atoms with Crippen molar-refractivity contribution in [1.82, 2.24) is 0 Å². The molecule has 3 N–H and O–H groups in total. The molecule has 1 fully saturated rings. The van der Waals surface area contributed by atoms with Crippen LogP contribution in [0.5, 0.6) is 17.2 Å². The van der Waals surface area contributed by atoms with Crippen LogP contribution < -0.4 is 0 Å². The van der Waals surface area contributed by atoms with Gasteiger partial charge in [0.05, 0.1) is 12.5 Å². The Labute approximate surface area is 133 Å². The van der Waals surface area contributed by atoms with Gasteiger partial charge in [0.25, 0.3) is 0 Å². The highest BCUT2D eigenvalue weighted by molar-refractivity contribution is 5.75. The van der Waals surface area contributed by atoms with Crippen LogP contribution in [-0.2, 0) is 22.4 Å². The third-order valence-electron chi connectivity index (χ3n) is 4.22. The summed E-state index contributed by atoms with van der Waals surface area (Å²) in [6.45, 7) is 0.318. The predicted octanol–water partition coefficient (Wildman–Crippen LogP) is 2.38. The molecule has 0 aromatic heterocycles. The average Bonchev–Trinajstić information content (AvgIpc) is 2.84. The molecule has 3 rings (SSSR count). The number of rotatable bonds is 4. The zero-order chi connectivity index (χ0) is 16.4. The van der Waals surface area contributed by atoms with Gasteiger partial charge in [0.2, 0.25) is 0 Å². The van der Waals surface area contributed by atoms with Gasteiger partial charge in [0.15, 0.2) is 0 Å². The Kier molecular flexibility index (Phi) is 4.10. The average molecular weight is 314 g/mol. The number of esters is 1. The fraction of sp³-hybridized carbons (Fsp3) is 0.278. The Balaban J connectivity index is 1.78. The maximum atomic E-state index is 12.0. The minimum Gasteiger partial charge on any atom is -0.508 e. The Morgan fingerprint density at radius 1 is 1.00 bits per heavy atom. The quantitative estimate of drug-likeness (QED) is 0.596.